The lowest BCUT2D eigenvalue weighted by Gasteiger charge is -2.01. The van der Waals surface area contributed by atoms with Gasteiger partial charge in [0.2, 0.25) is 0 Å². The fourth-order valence-corrected chi connectivity index (χ4v) is 1.28. The zero-order valence-electron chi connectivity index (χ0n) is 7.44. The third-order valence-corrected chi connectivity index (χ3v) is 1.99. The lowest BCUT2D eigenvalue weighted by molar-refractivity contribution is 0.451. The lowest BCUT2D eigenvalue weighted by atomic mass is 10.2. The van der Waals surface area contributed by atoms with Crippen molar-refractivity contribution in [2.24, 2.45) is 0 Å². The van der Waals surface area contributed by atoms with E-state index >= 15 is 0 Å². The number of benzene rings is 1. The fraction of sp³-hybridized carbons (Fsp3) is 0.100. The first-order valence-electron chi connectivity index (χ1n) is 4.04. The van der Waals surface area contributed by atoms with Gasteiger partial charge in [-0.2, -0.15) is 0 Å². The number of rotatable bonds is 0. The molecule has 0 saturated heterocycles. The van der Waals surface area contributed by atoms with Crippen LogP contribution in [0.1, 0.15) is 5.56 Å². The first-order valence-corrected chi connectivity index (χ1v) is 4.04. The third-order valence-electron chi connectivity index (χ3n) is 1.99. The number of fused-ring (bicyclic) bond motifs is 1. The highest BCUT2D eigenvalue weighted by Crippen LogP contribution is 2.28. The number of aromatic hydroxyl groups is 2. The van der Waals surface area contributed by atoms with Gasteiger partial charge in [-0.15, -0.1) is 0 Å². The molecule has 0 aliphatic carbocycles. The number of phenols is 2. The molecule has 2 rings (SSSR count). The van der Waals surface area contributed by atoms with Crippen molar-refractivity contribution < 1.29 is 14.6 Å². The van der Waals surface area contributed by atoms with Gasteiger partial charge in [-0.05, 0) is 13.0 Å². The van der Waals surface area contributed by atoms with Crippen molar-refractivity contribution >= 4 is 11.0 Å². The van der Waals surface area contributed by atoms with E-state index in [2.05, 4.69) is 0 Å². The Kier molecular flexibility index (Phi) is 1.70. The smallest absolute Gasteiger partial charge is 0.339 e. The Morgan fingerprint density at radius 2 is 1.93 bits per heavy atom. The van der Waals surface area contributed by atoms with Gasteiger partial charge in [-0.3, -0.25) is 0 Å². The maximum Gasteiger partial charge on any atom is 0.339 e. The first kappa shape index (κ1) is 8.62. The summed E-state index contributed by atoms with van der Waals surface area (Å²) in [5.74, 6) is -0.242. The summed E-state index contributed by atoms with van der Waals surface area (Å²) >= 11 is 0. The second-order valence-corrected chi connectivity index (χ2v) is 3.09. The van der Waals surface area contributed by atoms with Gasteiger partial charge >= 0.3 is 5.63 Å². The van der Waals surface area contributed by atoms with Gasteiger partial charge in [0, 0.05) is 17.7 Å². The molecule has 0 amide bonds. The van der Waals surface area contributed by atoms with Gasteiger partial charge in [0.05, 0.1) is 5.39 Å². The zero-order chi connectivity index (χ0) is 10.3. The van der Waals surface area contributed by atoms with Crippen LogP contribution in [0.2, 0.25) is 0 Å². The molecule has 0 aliphatic heterocycles. The Labute approximate surface area is 79.0 Å². The van der Waals surface area contributed by atoms with Crippen molar-refractivity contribution in [3.05, 3.63) is 34.2 Å². The summed E-state index contributed by atoms with van der Waals surface area (Å²) in [5.41, 5.74) is 0.124. The van der Waals surface area contributed by atoms with Crippen LogP contribution in [-0.4, -0.2) is 10.2 Å². The SMILES string of the molecule is Cc1cc2c(O)cc(O)cc2oc1=O. The van der Waals surface area contributed by atoms with Crippen LogP contribution in [0.3, 0.4) is 0 Å². The van der Waals surface area contributed by atoms with E-state index in [4.69, 9.17) is 9.52 Å². The quantitative estimate of drug-likeness (QED) is 0.620. The van der Waals surface area contributed by atoms with Crippen LogP contribution in [0.5, 0.6) is 11.5 Å². The fourth-order valence-electron chi connectivity index (χ4n) is 1.28. The monoisotopic (exact) mass is 192 g/mol. The molecule has 1 aromatic heterocycles. The molecule has 1 heterocycles. The van der Waals surface area contributed by atoms with Gasteiger partial charge in [0.15, 0.2) is 0 Å². The summed E-state index contributed by atoms with van der Waals surface area (Å²) in [6, 6.07) is 4.01. The van der Waals surface area contributed by atoms with Crippen molar-refractivity contribution in [3.8, 4) is 11.5 Å². The van der Waals surface area contributed by atoms with Crippen LogP contribution in [0.4, 0.5) is 0 Å². The molecule has 0 bridgehead atoms. The normalized spacial score (nSPS) is 10.6. The maximum atomic E-state index is 11.1. The van der Waals surface area contributed by atoms with E-state index in [0.717, 1.165) is 0 Å². The maximum absolute atomic E-state index is 11.1. The van der Waals surface area contributed by atoms with Crippen LogP contribution in [0.25, 0.3) is 11.0 Å². The van der Waals surface area contributed by atoms with Crippen molar-refractivity contribution in [1.29, 1.82) is 0 Å². The van der Waals surface area contributed by atoms with Gasteiger partial charge < -0.3 is 14.6 Å². The Morgan fingerprint density at radius 1 is 1.21 bits per heavy atom. The van der Waals surface area contributed by atoms with E-state index in [9.17, 15) is 9.90 Å². The predicted molar refractivity (Wildman–Crippen MR) is 50.6 cm³/mol. The third kappa shape index (κ3) is 1.21. The second-order valence-electron chi connectivity index (χ2n) is 3.09. The lowest BCUT2D eigenvalue weighted by Crippen LogP contribution is -2.01. The molecule has 0 saturated carbocycles. The molecule has 0 unspecified atom stereocenters. The molecule has 4 nitrogen and oxygen atoms in total. The number of hydrogen-bond donors (Lipinski definition) is 2. The van der Waals surface area contributed by atoms with Crippen LogP contribution in [0, 0.1) is 6.92 Å². The van der Waals surface area contributed by atoms with Gasteiger partial charge in [-0.25, -0.2) is 4.79 Å². The Balaban J connectivity index is 2.96. The zero-order valence-corrected chi connectivity index (χ0v) is 7.44. The van der Waals surface area contributed by atoms with E-state index in [1.165, 1.54) is 18.2 Å². The molecule has 0 atom stereocenters. The number of aryl methyl sites for hydroxylation is 1. The van der Waals surface area contributed by atoms with Crippen molar-refractivity contribution in [2.45, 2.75) is 6.92 Å². The molecule has 0 fully saturated rings. The molecule has 0 radical (unpaired) electrons. The molecule has 14 heavy (non-hydrogen) atoms. The van der Waals surface area contributed by atoms with E-state index in [-0.39, 0.29) is 17.1 Å². The summed E-state index contributed by atoms with van der Waals surface area (Å²) in [5, 5.41) is 19.0. The average Bonchev–Trinajstić information content (AvgIpc) is 2.08. The van der Waals surface area contributed by atoms with E-state index in [1.54, 1.807) is 6.92 Å². The molecule has 72 valence electrons. The van der Waals surface area contributed by atoms with Crippen LogP contribution >= 0.6 is 0 Å². The molecular formula is C10H8O4. The van der Waals surface area contributed by atoms with E-state index in [0.29, 0.717) is 10.9 Å². The first-order chi connectivity index (χ1) is 6.58. The summed E-state index contributed by atoms with van der Waals surface area (Å²) in [7, 11) is 0. The van der Waals surface area contributed by atoms with Crippen molar-refractivity contribution in [3.63, 3.8) is 0 Å². The standard InChI is InChI=1S/C10H8O4/c1-5-2-7-8(12)3-6(11)4-9(7)14-10(5)13/h2-4,11-12H,1H3. The Hall–Kier alpha value is -1.97. The molecule has 0 aliphatic rings. The molecule has 2 aromatic rings. The van der Waals surface area contributed by atoms with Crippen LogP contribution in [0.15, 0.2) is 27.4 Å². The minimum atomic E-state index is -0.470. The van der Waals surface area contributed by atoms with E-state index < -0.39 is 5.63 Å². The Morgan fingerprint density at radius 3 is 2.64 bits per heavy atom. The second kappa shape index (κ2) is 2.77. The number of hydrogen-bond acceptors (Lipinski definition) is 4. The topological polar surface area (TPSA) is 70.7 Å². The van der Waals surface area contributed by atoms with Crippen molar-refractivity contribution in [2.75, 3.05) is 0 Å². The minimum absolute atomic E-state index is 0.105. The van der Waals surface area contributed by atoms with Gasteiger partial charge in [0.25, 0.3) is 0 Å². The van der Waals surface area contributed by atoms with Crippen molar-refractivity contribution in [1.82, 2.24) is 0 Å². The van der Waals surface area contributed by atoms with Crippen LogP contribution in [-0.2, 0) is 0 Å². The summed E-state index contributed by atoms with van der Waals surface area (Å²) in [4.78, 5) is 11.1. The molecule has 2 N–H and O–H groups in total. The summed E-state index contributed by atoms with van der Waals surface area (Å²) < 4.78 is 4.88. The molecular weight excluding hydrogens is 184 g/mol. The summed E-state index contributed by atoms with van der Waals surface area (Å²) in [6.45, 7) is 1.59. The molecule has 1 aromatic carbocycles. The molecule has 0 spiro atoms. The highest BCUT2D eigenvalue weighted by molar-refractivity contribution is 5.84. The predicted octanol–water partition coefficient (Wildman–Crippen LogP) is 1.51. The minimum Gasteiger partial charge on any atom is -0.508 e. The highest BCUT2D eigenvalue weighted by Gasteiger charge is 2.06. The molecule has 4 heteroatoms. The number of phenolic OH excluding ortho intramolecular Hbond substituents is 2. The highest BCUT2D eigenvalue weighted by atomic mass is 16.4. The van der Waals surface area contributed by atoms with Gasteiger partial charge in [0.1, 0.15) is 17.1 Å². The average molecular weight is 192 g/mol. The largest absolute Gasteiger partial charge is 0.508 e. The van der Waals surface area contributed by atoms with Gasteiger partial charge in [-0.1, -0.05) is 0 Å². The van der Waals surface area contributed by atoms with E-state index in [1.807, 2.05) is 0 Å². The van der Waals surface area contributed by atoms with Crippen LogP contribution < -0.4 is 5.63 Å². The summed E-state index contributed by atoms with van der Waals surface area (Å²) in [6.07, 6.45) is 0. The Bertz CT molecular complexity index is 554.